The van der Waals surface area contributed by atoms with E-state index in [-0.39, 0.29) is 34.2 Å². The van der Waals surface area contributed by atoms with Crippen molar-refractivity contribution in [3.63, 3.8) is 0 Å². The molecule has 7 nitrogen and oxygen atoms in total. The van der Waals surface area contributed by atoms with Crippen molar-refractivity contribution in [2.45, 2.75) is 25.1 Å². The molecule has 1 saturated heterocycles. The molecule has 12 heteroatoms. The van der Waals surface area contributed by atoms with Crippen molar-refractivity contribution in [3.8, 4) is 5.88 Å². The number of piperidine rings is 1. The van der Waals surface area contributed by atoms with Gasteiger partial charge < -0.3 is 5.11 Å². The van der Waals surface area contributed by atoms with Gasteiger partial charge in [0.1, 0.15) is 6.04 Å². The number of alkyl halides is 3. The lowest BCUT2D eigenvalue weighted by molar-refractivity contribution is -0.138. The molecule has 2 aliphatic heterocycles. The molecule has 0 amide bonds. The molecule has 1 aromatic heterocycles. The number of ketones is 1. The highest BCUT2D eigenvalue weighted by Crippen LogP contribution is 2.38. The molecule has 3 aromatic rings. The quantitative estimate of drug-likeness (QED) is 0.543. The van der Waals surface area contributed by atoms with Gasteiger partial charge in [-0.1, -0.05) is 35.1 Å². The van der Waals surface area contributed by atoms with Gasteiger partial charge in [-0.25, -0.2) is 0 Å². The Bertz CT molecular complexity index is 1630. The summed E-state index contributed by atoms with van der Waals surface area (Å²) in [6.45, 7) is 0.684. The molecule has 0 saturated carbocycles. The summed E-state index contributed by atoms with van der Waals surface area (Å²) in [4.78, 5) is 27.1. The zero-order valence-electron chi connectivity index (χ0n) is 19.4. The second-order valence-corrected chi connectivity index (χ2v) is 10.4. The summed E-state index contributed by atoms with van der Waals surface area (Å²) in [5.74, 6) is -0.654. The molecule has 1 unspecified atom stereocenters. The van der Waals surface area contributed by atoms with Gasteiger partial charge in [-0.3, -0.25) is 19.1 Å². The number of thiazole rings is 1. The van der Waals surface area contributed by atoms with Crippen molar-refractivity contribution >= 4 is 40.5 Å². The second kappa shape index (κ2) is 9.55. The van der Waals surface area contributed by atoms with Gasteiger partial charge in [0.2, 0.25) is 5.88 Å². The van der Waals surface area contributed by atoms with Crippen molar-refractivity contribution in [3.05, 3.63) is 83.2 Å². The number of carbonyl (C=O) groups is 1. The number of aromatic nitrogens is 1. The smallest absolute Gasteiger partial charge is 0.416 e. The fraction of sp³-hybridized carbons (Fsp3) is 0.280. The molecule has 0 aliphatic carbocycles. The highest BCUT2D eigenvalue weighted by molar-refractivity contribution is 7.10. The van der Waals surface area contributed by atoms with Gasteiger partial charge in [0.25, 0.3) is 0 Å². The summed E-state index contributed by atoms with van der Waals surface area (Å²) in [6, 6.07) is 7.68. The Labute approximate surface area is 217 Å². The Balaban J connectivity index is 1.71. The van der Waals surface area contributed by atoms with Gasteiger partial charge in [-0.2, -0.15) is 23.4 Å². The van der Waals surface area contributed by atoms with E-state index >= 15 is 0 Å². The fourth-order valence-electron chi connectivity index (χ4n) is 4.64. The van der Waals surface area contributed by atoms with Gasteiger partial charge in [-0.05, 0) is 54.1 Å². The van der Waals surface area contributed by atoms with Crippen LogP contribution < -0.4 is 15.4 Å². The number of rotatable bonds is 4. The number of hydrogen-bond acceptors (Lipinski definition) is 7. The zero-order chi connectivity index (χ0) is 26.5. The van der Waals surface area contributed by atoms with E-state index in [2.05, 4.69) is 10.2 Å². The number of likely N-dealkylation sites (tertiary alicyclic amines) is 1. The third-order valence-electron chi connectivity index (χ3n) is 6.47. The Hall–Kier alpha value is -3.28. The first-order valence-corrected chi connectivity index (χ1v) is 12.5. The summed E-state index contributed by atoms with van der Waals surface area (Å²) < 4.78 is 42.7. The lowest BCUT2D eigenvalue weighted by Crippen LogP contribution is -2.41. The Kier molecular flexibility index (Phi) is 6.55. The molecule has 1 N–H and O–H groups in total. The molecule has 1 atom stereocenters. The number of carbonyl (C=O) groups excluding carboxylic acids is 1. The van der Waals surface area contributed by atoms with Crippen molar-refractivity contribution in [2.24, 2.45) is 10.2 Å². The molecular formula is C25H20ClF3N4O3S. The van der Waals surface area contributed by atoms with E-state index < -0.39 is 28.5 Å². The topological polar surface area (TPSA) is 87.3 Å². The minimum atomic E-state index is -4.67. The van der Waals surface area contributed by atoms with Crippen LogP contribution >= 0.6 is 22.9 Å². The zero-order valence-corrected chi connectivity index (χ0v) is 21.0. The average molecular weight is 549 g/mol. The van der Waals surface area contributed by atoms with Crippen molar-refractivity contribution in [1.82, 2.24) is 9.47 Å². The van der Waals surface area contributed by atoms with Crippen molar-refractivity contribution < 1.29 is 23.1 Å². The predicted octanol–water partition coefficient (Wildman–Crippen LogP) is 3.14. The standard InChI is InChI=1S/C25H20ClF3N4O3S/c1-32-7-6-20(21(34)12-32)33-23(35)22(37-24(33)36)17(13-3-5-19-15(8-13)11-30-31-19)9-14-2-4-16(26)10-18(14)25(27,28)29/h2-5,8,10-11,20,35H,6-7,9,12H2,1H3. The molecule has 192 valence electrons. The van der Waals surface area contributed by atoms with Crippen LogP contribution in [0.2, 0.25) is 5.02 Å². The summed E-state index contributed by atoms with van der Waals surface area (Å²) in [5, 5.41) is 20.1. The maximum absolute atomic E-state index is 13.9. The monoisotopic (exact) mass is 548 g/mol. The first-order chi connectivity index (χ1) is 17.5. The van der Waals surface area contributed by atoms with Crippen LogP contribution in [0.3, 0.4) is 0 Å². The maximum Gasteiger partial charge on any atom is 0.416 e. The summed E-state index contributed by atoms with van der Waals surface area (Å²) in [7, 11) is 1.79. The Morgan fingerprint density at radius 2 is 2.00 bits per heavy atom. The molecule has 3 heterocycles. The third kappa shape index (κ3) is 4.86. The van der Waals surface area contributed by atoms with Crippen LogP contribution in [0.5, 0.6) is 5.88 Å². The largest absolute Gasteiger partial charge is 0.493 e. The number of halogens is 4. The second-order valence-electron chi connectivity index (χ2n) is 8.97. The van der Waals surface area contributed by atoms with Gasteiger partial charge in [-0.15, -0.1) is 0 Å². The molecule has 37 heavy (non-hydrogen) atoms. The third-order valence-corrected chi connectivity index (χ3v) is 7.71. The molecular weight excluding hydrogens is 529 g/mol. The Morgan fingerprint density at radius 1 is 1.22 bits per heavy atom. The van der Waals surface area contributed by atoms with Crippen LogP contribution in [-0.2, 0) is 17.4 Å². The van der Waals surface area contributed by atoms with E-state index in [1.807, 2.05) is 4.90 Å². The van der Waals surface area contributed by atoms with Gasteiger partial charge >= 0.3 is 11.0 Å². The highest BCUT2D eigenvalue weighted by Gasteiger charge is 2.35. The molecule has 2 aromatic carbocycles. The number of aromatic hydroxyl groups is 1. The molecule has 2 aliphatic rings. The Morgan fingerprint density at radius 3 is 2.73 bits per heavy atom. The number of benzene rings is 2. The molecule has 0 radical (unpaired) electrons. The van der Waals surface area contributed by atoms with Crippen LogP contribution in [0.1, 0.15) is 34.0 Å². The first kappa shape index (κ1) is 25.4. The van der Waals surface area contributed by atoms with Crippen LogP contribution in [-0.4, -0.2) is 46.7 Å². The summed E-state index contributed by atoms with van der Waals surface area (Å²) in [5.41, 5.74) is -0.0338. The predicted molar refractivity (Wildman–Crippen MR) is 134 cm³/mol. The first-order valence-electron chi connectivity index (χ1n) is 11.3. The van der Waals surface area contributed by atoms with E-state index in [9.17, 15) is 27.9 Å². The summed E-state index contributed by atoms with van der Waals surface area (Å²) >= 11 is 6.57. The van der Waals surface area contributed by atoms with E-state index in [0.29, 0.717) is 46.0 Å². The van der Waals surface area contributed by atoms with Crippen molar-refractivity contribution in [2.75, 3.05) is 20.1 Å². The van der Waals surface area contributed by atoms with Gasteiger partial charge in [0.15, 0.2) is 5.78 Å². The fourth-order valence-corrected chi connectivity index (χ4v) is 5.80. The molecule has 0 bridgehead atoms. The minimum absolute atomic E-state index is 0.0626. The van der Waals surface area contributed by atoms with Crippen LogP contribution in [0.15, 0.2) is 51.4 Å². The van der Waals surface area contributed by atoms with Crippen LogP contribution in [0.25, 0.3) is 5.57 Å². The van der Waals surface area contributed by atoms with E-state index in [0.717, 1.165) is 10.6 Å². The minimum Gasteiger partial charge on any atom is -0.493 e. The maximum atomic E-state index is 13.9. The number of Topliss-reactive ketones (excluding diaryl/α,β-unsaturated/α-hetero) is 1. The molecule has 5 rings (SSSR count). The van der Waals surface area contributed by atoms with Gasteiger partial charge in [0.05, 0.1) is 28.6 Å². The van der Waals surface area contributed by atoms with Gasteiger partial charge in [0, 0.05) is 23.6 Å². The number of nitrogens with zero attached hydrogens (tertiary/aromatic N) is 4. The van der Waals surface area contributed by atoms with E-state index in [1.165, 1.54) is 18.3 Å². The van der Waals surface area contributed by atoms with E-state index in [1.54, 1.807) is 25.2 Å². The lowest BCUT2D eigenvalue weighted by Gasteiger charge is -2.28. The average Bonchev–Trinajstić information content (AvgIpc) is 3.41. The van der Waals surface area contributed by atoms with Crippen LogP contribution in [0.4, 0.5) is 13.2 Å². The normalized spacial score (nSPS) is 18.6. The number of fused-ring (bicyclic) bond motifs is 1. The van der Waals surface area contributed by atoms with Crippen molar-refractivity contribution in [1.29, 1.82) is 0 Å². The van der Waals surface area contributed by atoms with Crippen LogP contribution in [0, 0.1) is 0 Å². The number of hydrogen-bond donors (Lipinski definition) is 1. The van der Waals surface area contributed by atoms with E-state index in [4.69, 9.17) is 11.6 Å². The summed E-state index contributed by atoms with van der Waals surface area (Å²) in [6.07, 6.45) is -3.07. The SMILES string of the molecule is CN1CCC(n2c(O)c(C(Cc3ccc(Cl)cc3C(F)(F)F)=c3ccc4c(c3)C=NN=4)sc2=O)C(=O)C1. The molecule has 1 fully saturated rings. The molecule has 0 spiro atoms. The number of likely N-dealkylation sites (N-methyl/N-ethyl adjacent to an activating group) is 1. The highest BCUT2D eigenvalue weighted by atomic mass is 35.5. The lowest BCUT2D eigenvalue weighted by atomic mass is 9.96.